The second kappa shape index (κ2) is 6.10. The molecular formula is C17H16N2O4S. The molecule has 0 aliphatic heterocycles. The van der Waals surface area contributed by atoms with Crippen molar-refractivity contribution in [1.82, 2.24) is 5.32 Å². The molecule has 3 N–H and O–H groups in total. The number of fused-ring (bicyclic) bond motifs is 1. The minimum atomic E-state index is -3.72. The smallest absolute Gasteiger partial charge is 0.287 e. The van der Waals surface area contributed by atoms with E-state index in [1.165, 1.54) is 12.1 Å². The molecule has 24 heavy (non-hydrogen) atoms. The third-order valence-corrected chi connectivity index (χ3v) is 4.68. The zero-order valence-electron chi connectivity index (χ0n) is 12.9. The molecule has 0 radical (unpaired) electrons. The summed E-state index contributed by atoms with van der Waals surface area (Å²) in [6.45, 7) is 2.09. The van der Waals surface area contributed by atoms with Gasteiger partial charge in [0, 0.05) is 17.5 Å². The molecule has 0 aliphatic carbocycles. The molecule has 6 nitrogen and oxygen atoms in total. The summed E-state index contributed by atoms with van der Waals surface area (Å²) in [6, 6.07) is 13.5. The van der Waals surface area contributed by atoms with Crippen LogP contribution in [-0.2, 0) is 16.6 Å². The van der Waals surface area contributed by atoms with Gasteiger partial charge in [-0.3, -0.25) is 4.79 Å². The quantitative estimate of drug-likeness (QED) is 0.758. The fourth-order valence-corrected chi connectivity index (χ4v) is 2.97. The Bertz CT molecular complexity index is 1000. The maximum atomic E-state index is 12.3. The maximum absolute atomic E-state index is 12.3. The zero-order valence-corrected chi connectivity index (χ0v) is 13.8. The van der Waals surface area contributed by atoms with Gasteiger partial charge in [-0.1, -0.05) is 30.3 Å². The highest BCUT2D eigenvalue weighted by molar-refractivity contribution is 7.89. The van der Waals surface area contributed by atoms with Crippen molar-refractivity contribution in [3.63, 3.8) is 0 Å². The number of aryl methyl sites for hydroxylation is 1. The molecule has 0 atom stereocenters. The van der Waals surface area contributed by atoms with Crippen LogP contribution >= 0.6 is 0 Å². The number of carbonyl (C=O) groups is 1. The first-order valence-electron chi connectivity index (χ1n) is 7.24. The first-order chi connectivity index (χ1) is 11.4. The molecule has 1 aromatic heterocycles. The highest BCUT2D eigenvalue weighted by Gasteiger charge is 2.17. The number of para-hydroxylation sites is 1. The normalized spacial score (nSPS) is 11.6. The first kappa shape index (κ1) is 16.2. The maximum Gasteiger partial charge on any atom is 0.287 e. The number of nitrogens with two attached hydrogens (primary N) is 1. The Kier molecular flexibility index (Phi) is 4.13. The fraction of sp³-hybridized carbons (Fsp3) is 0.118. The predicted octanol–water partition coefficient (Wildman–Crippen LogP) is 2.32. The van der Waals surface area contributed by atoms with Crippen molar-refractivity contribution < 1.29 is 17.6 Å². The Morgan fingerprint density at radius 1 is 1.12 bits per heavy atom. The molecule has 0 saturated carbocycles. The number of benzene rings is 2. The van der Waals surface area contributed by atoms with Crippen molar-refractivity contribution in [2.45, 2.75) is 18.4 Å². The monoisotopic (exact) mass is 344 g/mol. The van der Waals surface area contributed by atoms with Crippen LogP contribution in [0.2, 0.25) is 0 Å². The van der Waals surface area contributed by atoms with Gasteiger partial charge in [-0.05, 0) is 30.7 Å². The predicted molar refractivity (Wildman–Crippen MR) is 89.9 cm³/mol. The molecule has 3 rings (SSSR count). The van der Waals surface area contributed by atoms with Crippen molar-refractivity contribution >= 4 is 26.9 Å². The van der Waals surface area contributed by atoms with E-state index in [1.807, 2.05) is 31.2 Å². The highest BCUT2D eigenvalue weighted by atomic mass is 32.2. The topological polar surface area (TPSA) is 102 Å². The Labute approximate surface area is 139 Å². The molecule has 3 aromatic rings. The van der Waals surface area contributed by atoms with E-state index in [1.54, 1.807) is 12.1 Å². The van der Waals surface area contributed by atoms with Gasteiger partial charge >= 0.3 is 0 Å². The van der Waals surface area contributed by atoms with Crippen LogP contribution in [0.1, 0.15) is 21.7 Å². The van der Waals surface area contributed by atoms with Gasteiger partial charge in [0.25, 0.3) is 5.91 Å². The lowest BCUT2D eigenvalue weighted by molar-refractivity contribution is 0.0924. The van der Waals surface area contributed by atoms with Crippen LogP contribution in [0, 0.1) is 6.92 Å². The van der Waals surface area contributed by atoms with E-state index in [2.05, 4.69) is 5.32 Å². The minimum Gasteiger partial charge on any atom is -0.451 e. The van der Waals surface area contributed by atoms with E-state index in [0.717, 1.165) is 16.5 Å². The molecule has 1 heterocycles. The van der Waals surface area contributed by atoms with E-state index >= 15 is 0 Å². The molecule has 0 aliphatic rings. The van der Waals surface area contributed by atoms with Crippen LogP contribution < -0.4 is 10.5 Å². The summed E-state index contributed by atoms with van der Waals surface area (Å²) in [5.41, 5.74) is 2.20. The zero-order chi connectivity index (χ0) is 17.3. The average Bonchev–Trinajstić information content (AvgIpc) is 2.90. The Morgan fingerprint density at radius 2 is 1.79 bits per heavy atom. The van der Waals surface area contributed by atoms with E-state index in [9.17, 15) is 13.2 Å². The van der Waals surface area contributed by atoms with E-state index < -0.39 is 10.0 Å². The Morgan fingerprint density at radius 3 is 2.42 bits per heavy atom. The van der Waals surface area contributed by atoms with Crippen LogP contribution in [0.25, 0.3) is 11.0 Å². The summed E-state index contributed by atoms with van der Waals surface area (Å²) < 4.78 is 28.0. The van der Waals surface area contributed by atoms with Gasteiger partial charge in [-0.2, -0.15) is 0 Å². The lowest BCUT2D eigenvalue weighted by Gasteiger charge is -2.05. The van der Waals surface area contributed by atoms with E-state index in [-0.39, 0.29) is 23.1 Å². The standard InChI is InChI=1S/C17H16N2O4S/c1-11-14-4-2-3-5-15(14)23-16(11)17(20)19-10-12-6-8-13(9-7-12)24(18,21)22/h2-9H,10H2,1H3,(H,19,20)(H2,18,21,22). The van der Waals surface area contributed by atoms with Gasteiger partial charge in [0.2, 0.25) is 10.0 Å². The van der Waals surface area contributed by atoms with Gasteiger partial charge < -0.3 is 9.73 Å². The molecule has 0 unspecified atom stereocenters. The number of amides is 1. The lowest BCUT2D eigenvalue weighted by Crippen LogP contribution is -2.23. The summed E-state index contributed by atoms with van der Waals surface area (Å²) >= 11 is 0. The molecule has 1 amide bonds. The van der Waals surface area contributed by atoms with Crippen LogP contribution in [0.15, 0.2) is 57.8 Å². The Balaban J connectivity index is 1.74. The summed E-state index contributed by atoms with van der Waals surface area (Å²) in [4.78, 5) is 12.3. The van der Waals surface area contributed by atoms with E-state index in [0.29, 0.717) is 5.58 Å². The number of primary sulfonamides is 1. The third kappa shape index (κ3) is 3.17. The highest BCUT2D eigenvalue weighted by Crippen LogP contribution is 2.24. The Hall–Kier alpha value is -2.64. The molecule has 124 valence electrons. The second-order valence-corrected chi connectivity index (χ2v) is 6.99. The molecular weight excluding hydrogens is 328 g/mol. The number of hydrogen-bond donors (Lipinski definition) is 2. The molecule has 0 bridgehead atoms. The fourth-order valence-electron chi connectivity index (χ4n) is 2.45. The van der Waals surface area contributed by atoms with Crippen LogP contribution in [0.4, 0.5) is 0 Å². The van der Waals surface area contributed by atoms with Crippen molar-refractivity contribution in [2.24, 2.45) is 5.14 Å². The number of sulfonamides is 1. The molecule has 2 aromatic carbocycles. The number of rotatable bonds is 4. The molecule has 7 heteroatoms. The van der Waals surface area contributed by atoms with Gasteiger partial charge in [0.1, 0.15) is 5.58 Å². The first-order valence-corrected chi connectivity index (χ1v) is 8.79. The number of nitrogens with one attached hydrogen (secondary N) is 1. The van der Waals surface area contributed by atoms with Gasteiger partial charge in [-0.15, -0.1) is 0 Å². The SMILES string of the molecule is Cc1c(C(=O)NCc2ccc(S(N)(=O)=O)cc2)oc2ccccc12. The largest absolute Gasteiger partial charge is 0.451 e. The summed E-state index contributed by atoms with van der Waals surface area (Å²) in [5, 5.41) is 8.71. The van der Waals surface area contributed by atoms with Gasteiger partial charge in [0.15, 0.2) is 5.76 Å². The molecule has 0 spiro atoms. The average molecular weight is 344 g/mol. The summed E-state index contributed by atoms with van der Waals surface area (Å²) in [5.74, 6) is -0.0448. The lowest BCUT2D eigenvalue weighted by atomic mass is 10.1. The van der Waals surface area contributed by atoms with Crippen molar-refractivity contribution in [3.05, 3.63) is 65.4 Å². The van der Waals surface area contributed by atoms with Crippen molar-refractivity contribution in [2.75, 3.05) is 0 Å². The van der Waals surface area contributed by atoms with Crippen LogP contribution in [0.5, 0.6) is 0 Å². The van der Waals surface area contributed by atoms with Gasteiger partial charge in [0.05, 0.1) is 4.90 Å². The van der Waals surface area contributed by atoms with Crippen LogP contribution in [0.3, 0.4) is 0 Å². The number of furan rings is 1. The molecule has 0 fully saturated rings. The number of hydrogen-bond acceptors (Lipinski definition) is 4. The second-order valence-electron chi connectivity index (χ2n) is 5.42. The van der Waals surface area contributed by atoms with Crippen LogP contribution in [-0.4, -0.2) is 14.3 Å². The minimum absolute atomic E-state index is 0.0331. The van der Waals surface area contributed by atoms with Crippen molar-refractivity contribution in [3.8, 4) is 0 Å². The number of carbonyl (C=O) groups excluding carboxylic acids is 1. The van der Waals surface area contributed by atoms with E-state index in [4.69, 9.17) is 9.56 Å². The van der Waals surface area contributed by atoms with Gasteiger partial charge in [-0.25, -0.2) is 13.6 Å². The van der Waals surface area contributed by atoms with Crippen molar-refractivity contribution in [1.29, 1.82) is 0 Å². The molecule has 0 saturated heterocycles. The third-order valence-electron chi connectivity index (χ3n) is 3.75. The summed E-state index contributed by atoms with van der Waals surface area (Å²) in [7, 11) is -3.72. The summed E-state index contributed by atoms with van der Waals surface area (Å²) in [6.07, 6.45) is 0.